The standard InChI is InChI=1S/C13H12FNO/c1-9-3-4-11(12(14)7-9)10-5-6-15-13(8-10)16-2/h3-8H,1-2H3. The van der Waals surface area contributed by atoms with Crippen LogP contribution >= 0.6 is 0 Å². The molecule has 3 heteroatoms. The Balaban J connectivity index is 2.49. The summed E-state index contributed by atoms with van der Waals surface area (Å²) >= 11 is 0. The second-order valence-electron chi connectivity index (χ2n) is 3.57. The second kappa shape index (κ2) is 4.31. The zero-order valence-corrected chi connectivity index (χ0v) is 9.20. The van der Waals surface area contributed by atoms with Gasteiger partial charge in [-0.1, -0.05) is 12.1 Å². The number of hydrogen-bond donors (Lipinski definition) is 0. The van der Waals surface area contributed by atoms with E-state index in [4.69, 9.17) is 4.74 Å². The van der Waals surface area contributed by atoms with E-state index in [2.05, 4.69) is 4.98 Å². The Morgan fingerprint density at radius 2 is 2.00 bits per heavy atom. The molecule has 0 unspecified atom stereocenters. The highest BCUT2D eigenvalue weighted by atomic mass is 19.1. The molecule has 16 heavy (non-hydrogen) atoms. The average molecular weight is 217 g/mol. The predicted molar refractivity (Wildman–Crippen MR) is 60.9 cm³/mol. The van der Waals surface area contributed by atoms with E-state index in [1.54, 1.807) is 24.4 Å². The van der Waals surface area contributed by atoms with Crippen LogP contribution in [-0.2, 0) is 0 Å². The second-order valence-corrected chi connectivity index (χ2v) is 3.57. The fourth-order valence-corrected chi connectivity index (χ4v) is 1.54. The molecule has 0 aliphatic heterocycles. The Bertz CT molecular complexity index is 511. The van der Waals surface area contributed by atoms with E-state index >= 15 is 0 Å². The lowest BCUT2D eigenvalue weighted by atomic mass is 10.0. The van der Waals surface area contributed by atoms with Crippen molar-refractivity contribution in [3.05, 3.63) is 47.9 Å². The van der Waals surface area contributed by atoms with Crippen LogP contribution in [0.15, 0.2) is 36.5 Å². The third-order valence-corrected chi connectivity index (χ3v) is 2.38. The van der Waals surface area contributed by atoms with Crippen molar-refractivity contribution in [3.63, 3.8) is 0 Å². The van der Waals surface area contributed by atoms with Crippen molar-refractivity contribution in [2.24, 2.45) is 0 Å². The molecule has 0 amide bonds. The molecule has 1 aromatic heterocycles. The van der Waals surface area contributed by atoms with E-state index in [0.29, 0.717) is 11.4 Å². The van der Waals surface area contributed by atoms with Crippen LogP contribution in [0.1, 0.15) is 5.56 Å². The quantitative estimate of drug-likeness (QED) is 0.770. The molecule has 0 aliphatic rings. The Labute approximate surface area is 93.7 Å². The summed E-state index contributed by atoms with van der Waals surface area (Å²) in [6.07, 6.45) is 1.60. The minimum atomic E-state index is -0.228. The van der Waals surface area contributed by atoms with E-state index in [1.165, 1.54) is 13.2 Å². The molecule has 0 bridgehead atoms. The summed E-state index contributed by atoms with van der Waals surface area (Å²) in [6.45, 7) is 1.86. The van der Waals surface area contributed by atoms with E-state index in [9.17, 15) is 4.39 Å². The van der Waals surface area contributed by atoms with Gasteiger partial charge < -0.3 is 4.74 Å². The lowest BCUT2D eigenvalue weighted by Crippen LogP contribution is -1.90. The zero-order valence-electron chi connectivity index (χ0n) is 9.20. The Morgan fingerprint density at radius 1 is 1.19 bits per heavy atom. The zero-order chi connectivity index (χ0) is 11.5. The van der Waals surface area contributed by atoms with Crippen molar-refractivity contribution in [1.29, 1.82) is 0 Å². The Kier molecular flexibility index (Phi) is 2.86. The number of halogens is 1. The van der Waals surface area contributed by atoms with Crippen molar-refractivity contribution >= 4 is 0 Å². The molecule has 2 rings (SSSR count). The smallest absolute Gasteiger partial charge is 0.213 e. The van der Waals surface area contributed by atoms with Gasteiger partial charge in [0.25, 0.3) is 0 Å². The van der Waals surface area contributed by atoms with Crippen LogP contribution in [0.3, 0.4) is 0 Å². The molecule has 0 fully saturated rings. The number of aryl methyl sites for hydroxylation is 1. The van der Waals surface area contributed by atoms with E-state index in [0.717, 1.165) is 11.1 Å². The van der Waals surface area contributed by atoms with E-state index in [1.807, 2.05) is 13.0 Å². The molecular formula is C13H12FNO. The molecule has 2 aromatic rings. The highest BCUT2D eigenvalue weighted by Crippen LogP contribution is 2.25. The molecule has 0 N–H and O–H groups in total. The van der Waals surface area contributed by atoms with Crippen LogP contribution in [0, 0.1) is 12.7 Å². The minimum Gasteiger partial charge on any atom is -0.481 e. The lowest BCUT2D eigenvalue weighted by Gasteiger charge is -2.05. The van der Waals surface area contributed by atoms with Gasteiger partial charge in [-0.3, -0.25) is 0 Å². The van der Waals surface area contributed by atoms with E-state index in [-0.39, 0.29) is 5.82 Å². The van der Waals surface area contributed by atoms with Gasteiger partial charge in [0.05, 0.1) is 7.11 Å². The topological polar surface area (TPSA) is 22.1 Å². The van der Waals surface area contributed by atoms with Gasteiger partial charge in [-0.2, -0.15) is 0 Å². The molecule has 0 saturated carbocycles. The molecule has 0 spiro atoms. The summed E-state index contributed by atoms with van der Waals surface area (Å²) in [7, 11) is 1.54. The fourth-order valence-electron chi connectivity index (χ4n) is 1.54. The average Bonchev–Trinajstić information content (AvgIpc) is 2.29. The molecule has 2 nitrogen and oxygen atoms in total. The van der Waals surface area contributed by atoms with Crippen LogP contribution in [0.2, 0.25) is 0 Å². The van der Waals surface area contributed by atoms with Gasteiger partial charge in [-0.05, 0) is 30.2 Å². The summed E-state index contributed by atoms with van der Waals surface area (Å²) in [6, 6.07) is 8.64. The number of methoxy groups -OCH3 is 1. The lowest BCUT2D eigenvalue weighted by molar-refractivity contribution is 0.398. The molecule has 82 valence electrons. The highest BCUT2D eigenvalue weighted by Gasteiger charge is 2.06. The number of pyridine rings is 1. The summed E-state index contributed by atoms with van der Waals surface area (Å²) in [5, 5.41) is 0. The number of aromatic nitrogens is 1. The van der Waals surface area contributed by atoms with Gasteiger partial charge in [0.15, 0.2) is 0 Å². The van der Waals surface area contributed by atoms with Crippen LogP contribution in [0.4, 0.5) is 4.39 Å². The number of rotatable bonds is 2. The third-order valence-electron chi connectivity index (χ3n) is 2.38. The molecular weight excluding hydrogens is 205 g/mol. The Morgan fingerprint density at radius 3 is 2.69 bits per heavy atom. The van der Waals surface area contributed by atoms with Gasteiger partial charge in [0.2, 0.25) is 5.88 Å². The molecule has 1 heterocycles. The normalized spacial score (nSPS) is 10.2. The summed E-state index contributed by atoms with van der Waals surface area (Å²) in [5.74, 6) is 0.255. The highest BCUT2D eigenvalue weighted by molar-refractivity contribution is 5.65. The van der Waals surface area contributed by atoms with Crippen molar-refractivity contribution in [2.45, 2.75) is 6.92 Å². The number of benzene rings is 1. The molecule has 0 saturated heterocycles. The molecule has 0 atom stereocenters. The summed E-state index contributed by atoms with van der Waals surface area (Å²) in [4.78, 5) is 3.99. The van der Waals surface area contributed by atoms with Crippen molar-refractivity contribution in [2.75, 3.05) is 7.11 Å². The monoisotopic (exact) mass is 217 g/mol. The summed E-state index contributed by atoms with van der Waals surface area (Å²) < 4.78 is 18.7. The maximum Gasteiger partial charge on any atom is 0.213 e. The number of hydrogen-bond acceptors (Lipinski definition) is 2. The first-order valence-corrected chi connectivity index (χ1v) is 4.97. The van der Waals surface area contributed by atoms with Gasteiger partial charge in [0, 0.05) is 17.8 Å². The fraction of sp³-hybridized carbons (Fsp3) is 0.154. The van der Waals surface area contributed by atoms with E-state index < -0.39 is 0 Å². The first kappa shape index (κ1) is 10.6. The van der Waals surface area contributed by atoms with Gasteiger partial charge in [0.1, 0.15) is 5.82 Å². The van der Waals surface area contributed by atoms with Crippen molar-refractivity contribution < 1.29 is 9.13 Å². The molecule has 0 aliphatic carbocycles. The summed E-state index contributed by atoms with van der Waals surface area (Å²) in [5.41, 5.74) is 2.23. The van der Waals surface area contributed by atoms with Gasteiger partial charge in [-0.25, -0.2) is 9.37 Å². The molecule has 1 aromatic carbocycles. The predicted octanol–water partition coefficient (Wildman–Crippen LogP) is 3.20. The van der Waals surface area contributed by atoms with Gasteiger partial charge >= 0.3 is 0 Å². The third kappa shape index (κ3) is 2.03. The van der Waals surface area contributed by atoms with Crippen LogP contribution in [0.25, 0.3) is 11.1 Å². The van der Waals surface area contributed by atoms with Crippen molar-refractivity contribution in [3.8, 4) is 17.0 Å². The Hall–Kier alpha value is -1.90. The first-order valence-electron chi connectivity index (χ1n) is 4.97. The largest absolute Gasteiger partial charge is 0.481 e. The van der Waals surface area contributed by atoms with Gasteiger partial charge in [-0.15, -0.1) is 0 Å². The molecule has 0 radical (unpaired) electrons. The van der Waals surface area contributed by atoms with Crippen LogP contribution in [-0.4, -0.2) is 12.1 Å². The number of nitrogens with zero attached hydrogens (tertiary/aromatic N) is 1. The SMILES string of the molecule is COc1cc(-c2ccc(C)cc2F)ccn1. The minimum absolute atomic E-state index is 0.228. The number of ether oxygens (including phenoxy) is 1. The van der Waals surface area contributed by atoms with Crippen LogP contribution < -0.4 is 4.74 Å². The maximum absolute atomic E-state index is 13.7. The maximum atomic E-state index is 13.7. The van der Waals surface area contributed by atoms with Crippen LogP contribution in [0.5, 0.6) is 5.88 Å². The van der Waals surface area contributed by atoms with Crippen molar-refractivity contribution in [1.82, 2.24) is 4.98 Å². The first-order chi connectivity index (χ1) is 7.70.